The SMILES string of the molecule is CC(C)c1nc(Br)cc(-c2cccc3ccncc23)n1. The van der Waals surface area contributed by atoms with Crippen LogP contribution >= 0.6 is 15.9 Å². The topological polar surface area (TPSA) is 38.7 Å². The first kappa shape index (κ1) is 13.2. The van der Waals surface area contributed by atoms with Gasteiger partial charge < -0.3 is 0 Å². The van der Waals surface area contributed by atoms with Crippen LogP contribution in [0.25, 0.3) is 22.0 Å². The normalized spacial score (nSPS) is 11.2. The van der Waals surface area contributed by atoms with Crippen LogP contribution in [0.2, 0.25) is 0 Å². The maximum atomic E-state index is 4.68. The molecule has 100 valence electrons. The van der Waals surface area contributed by atoms with Gasteiger partial charge in [0.05, 0.1) is 5.69 Å². The summed E-state index contributed by atoms with van der Waals surface area (Å²) >= 11 is 3.48. The second-order valence-corrected chi connectivity index (χ2v) is 5.80. The lowest BCUT2D eigenvalue weighted by Crippen LogP contribution is -1.99. The van der Waals surface area contributed by atoms with Gasteiger partial charge in [-0.05, 0) is 33.4 Å². The van der Waals surface area contributed by atoms with E-state index in [-0.39, 0.29) is 0 Å². The lowest BCUT2D eigenvalue weighted by atomic mass is 10.0. The molecule has 0 radical (unpaired) electrons. The van der Waals surface area contributed by atoms with E-state index in [9.17, 15) is 0 Å². The standard InChI is InChI=1S/C16H14BrN3/c1-10(2)16-19-14(8-15(17)20-16)12-5-3-4-11-6-7-18-9-13(11)12/h3-10H,1-2H3. The van der Waals surface area contributed by atoms with E-state index >= 15 is 0 Å². The first-order valence-corrected chi connectivity index (χ1v) is 7.32. The lowest BCUT2D eigenvalue weighted by molar-refractivity contribution is 0.771. The summed E-state index contributed by atoms with van der Waals surface area (Å²) in [5.41, 5.74) is 2.01. The zero-order valence-electron chi connectivity index (χ0n) is 11.3. The summed E-state index contributed by atoms with van der Waals surface area (Å²) in [5.74, 6) is 1.13. The van der Waals surface area contributed by atoms with Gasteiger partial charge in [0.25, 0.3) is 0 Å². The number of aromatic nitrogens is 3. The van der Waals surface area contributed by atoms with E-state index in [4.69, 9.17) is 0 Å². The predicted molar refractivity (Wildman–Crippen MR) is 84.6 cm³/mol. The van der Waals surface area contributed by atoms with Crippen molar-refractivity contribution in [1.82, 2.24) is 15.0 Å². The maximum Gasteiger partial charge on any atom is 0.132 e. The molecule has 4 heteroatoms. The lowest BCUT2D eigenvalue weighted by Gasteiger charge is -2.09. The molecule has 0 aliphatic heterocycles. The molecule has 0 amide bonds. The van der Waals surface area contributed by atoms with E-state index in [2.05, 4.69) is 56.9 Å². The van der Waals surface area contributed by atoms with Gasteiger partial charge in [-0.1, -0.05) is 32.0 Å². The fraction of sp³-hybridized carbons (Fsp3) is 0.188. The fourth-order valence-corrected chi connectivity index (χ4v) is 2.57. The van der Waals surface area contributed by atoms with Crippen LogP contribution in [0.5, 0.6) is 0 Å². The predicted octanol–water partition coefficient (Wildman–Crippen LogP) is 4.58. The van der Waals surface area contributed by atoms with Gasteiger partial charge in [0.1, 0.15) is 10.4 Å². The molecule has 0 aliphatic carbocycles. The molecule has 0 aliphatic rings. The van der Waals surface area contributed by atoms with E-state index in [0.717, 1.165) is 27.1 Å². The number of rotatable bonds is 2. The van der Waals surface area contributed by atoms with Crippen LogP contribution in [0, 0.1) is 0 Å². The number of fused-ring (bicyclic) bond motifs is 1. The van der Waals surface area contributed by atoms with E-state index < -0.39 is 0 Å². The van der Waals surface area contributed by atoms with Gasteiger partial charge in [0.2, 0.25) is 0 Å². The Morgan fingerprint density at radius 3 is 2.75 bits per heavy atom. The smallest absolute Gasteiger partial charge is 0.132 e. The highest BCUT2D eigenvalue weighted by molar-refractivity contribution is 9.10. The molecule has 0 N–H and O–H groups in total. The molecule has 0 unspecified atom stereocenters. The minimum atomic E-state index is 0.291. The Balaban J connectivity index is 2.25. The van der Waals surface area contributed by atoms with E-state index in [1.165, 1.54) is 5.39 Å². The molecule has 3 aromatic rings. The number of halogens is 1. The summed E-state index contributed by atoms with van der Waals surface area (Å²) in [6.07, 6.45) is 3.69. The Morgan fingerprint density at radius 1 is 1.10 bits per heavy atom. The van der Waals surface area contributed by atoms with E-state index in [0.29, 0.717) is 5.92 Å². The number of hydrogen-bond donors (Lipinski definition) is 0. The summed E-state index contributed by atoms with van der Waals surface area (Å²) in [6.45, 7) is 4.19. The van der Waals surface area contributed by atoms with Crippen molar-refractivity contribution in [3.8, 4) is 11.3 Å². The summed E-state index contributed by atoms with van der Waals surface area (Å²) < 4.78 is 0.812. The molecular formula is C16H14BrN3. The molecule has 2 heterocycles. The first-order valence-electron chi connectivity index (χ1n) is 6.53. The molecule has 3 rings (SSSR count). The van der Waals surface area contributed by atoms with Gasteiger partial charge in [-0.25, -0.2) is 9.97 Å². The molecule has 0 saturated carbocycles. The summed E-state index contributed by atoms with van der Waals surface area (Å²) in [5, 5.41) is 2.27. The zero-order valence-corrected chi connectivity index (χ0v) is 12.9. The van der Waals surface area contributed by atoms with Gasteiger partial charge in [-0.3, -0.25) is 4.98 Å². The van der Waals surface area contributed by atoms with Crippen LogP contribution in [0.1, 0.15) is 25.6 Å². The third-order valence-corrected chi connectivity index (χ3v) is 3.59. The minimum absolute atomic E-state index is 0.291. The minimum Gasteiger partial charge on any atom is -0.264 e. The van der Waals surface area contributed by atoms with Crippen LogP contribution in [0.4, 0.5) is 0 Å². The Morgan fingerprint density at radius 2 is 1.95 bits per heavy atom. The second kappa shape index (κ2) is 5.29. The van der Waals surface area contributed by atoms with Crippen LogP contribution in [0.3, 0.4) is 0 Å². The molecule has 0 fully saturated rings. The van der Waals surface area contributed by atoms with Crippen molar-refractivity contribution >= 4 is 26.7 Å². The second-order valence-electron chi connectivity index (χ2n) is 4.99. The van der Waals surface area contributed by atoms with Crippen molar-refractivity contribution in [3.63, 3.8) is 0 Å². The molecule has 0 bridgehead atoms. The van der Waals surface area contributed by atoms with Gasteiger partial charge in [-0.2, -0.15) is 0 Å². The van der Waals surface area contributed by atoms with Crippen LogP contribution in [-0.2, 0) is 0 Å². The van der Waals surface area contributed by atoms with Crippen LogP contribution in [-0.4, -0.2) is 15.0 Å². The van der Waals surface area contributed by atoms with Gasteiger partial charge in [-0.15, -0.1) is 0 Å². The number of pyridine rings is 1. The quantitative estimate of drug-likeness (QED) is 0.647. The molecule has 0 atom stereocenters. The molecule has 0 saturated heterocycles. The highest BCUT2D eigenvalue weighted by atomic mass is 79.9. The van der Waals surface area contributed by atoms with Crippen molar-refractivity contribution in [1.29, 1.82) is 0 Å². The average Bonchev–Trinajstić information content (AvgIpc) is 2.46. The van der Waals surface area contributed by atoms with Crippen molar-refractivity contribution in [2.24, 2.45) is 0 Å². The molecular weight excluding hydrogens is 314 g/mol. The van der Waals surface area contributed by atoms with Gasteiger partial charge in [0, 0.05) is 29.3 Å². The number of nitrogens with zero attached hydrogens (tertiary/aromatic N) is 3. The maximum absolute atomic E-state index is 4.68. The average molecular weight is 328 g/mol. The largest absolute Gasteiger partial charge is 0.264 e. The molecule has 3 nitrogen and oxygen atoms in total. The Kier molecular flexibility index (Phi) is 3.49. The molecule has 2 aromatic heterocycles. The van der Waals surface area contributed by atoms with Crippen LogP contribution < -0.4 is 0 Å². The zero-order chi connectivity index (χ0) is 14.1. The number of benzene rings is 1. The molecule has 1 aromatic carbocycles. The van der Waals surface area contributed by atoms with Crippen molar-refractivity contribution in [2.75, 3.05) is 0 Å². The summed E-state index contributed by atoms with van der Waals surface area (Å²) in [7, 11) is 0. The Labute approximate surface area is 126 Å². The van der Waals surface area contributed by atoms with Gasteiger partial charge >= 0.3 is 0 Å². The third-order valence-electron chi connectivity index (χ3n) is 3.19. The van der Waals surface area contributed by atoms with Crippen molar-refractivity contribution in [3.05, 3.63) is 53.2 Å². The number of hydrogen-bond acceptors (Lipinski definition) is 3. The van der Waals surface area contributed by atoms with Crippen molar-refractivity contribution < 1.29 is 0 Å². The van der Waals surface area contributed by atoms with Crippen LogP contribution in [0.15, 0.2) is 47.3 Å². The Bertz CT molecular complexity index is 763. The third kappa shape index (κ3) is 2.43. The summed E-state index contributed by atoms with van der Waals surface area (Å²) in [4.78, 5) is 13.3. The molecule has 20 heavy (non-hydrogen) atoms. The fourth-order valence-electron chi connectivity index (χ4n) is 2.17. The first-order chi connectivity index (χ1) is 9.65. The van der Waals surface area contributed by atoms with Gasteiger partial charge in [0.15, 0.2) is 0 Å². The Hall–Kier alpha value is -1.81. The molecule has 0 spiro atoms. The highest BCUT2D eigenvalue weighted by Gasteiger charge is 2.10. The monoisotopic (exact) mass is 327 g/mol. The van der Waals surface area contributed by atoms with E-state index in [1.54, 1.807) is 0 Å². The highest BCUT2D eigenvalue weighted by Crippen LogP contribution is 2.28. The summed E-state index contributed by atoms with van der Waals surface area (Å²) in [6, 6.07) is 10.2. The van der Waals surface area contributed by atoms with Crippen molar-refractivity contribution in [2.45, 2.75) is 19.8 Å². The van der Waals surface area contributed by atoms with E-state index in [1.807, 2.05) is 30.6 Å².